The largest absolute Gasteiger partial charge is 0.370 e. The molecule has 12 heteroatoms. The molecule has 29 heavy (non-hydrogen) atoms. The van der Waals surface area contributed by atoms with Gasteiger partial charge >= 0.3 is 0 Å². The van der Waals surface area contributed by atoms with E-state index in [1.807, 2.05) is 0 Å². The lowest BCUT2D eigenvalue weighted by molar-refractivity contribution is -0.384. The van der Waals surface area contributed by atoms with E-state index in [0.29, 0.717) is 27.2 Å². The zero-order chi connectivity index (χ0) is 21.6. The summed E-state index contributed by atoms with van der Waals surface area (Å²) in [7, 11) is 1.54. The highest BCUT2D eigenvalue weighted by atomic mass is 35.5. The molecule has 8 N–H and O–H groups in total. The number of hydrogen-bond acceptors (Lipinski definition) is 6. The van der Waals surface area contributed by atoms with Crippen LogP contribution in [0.3, 0.4) is 0 Å². The summed E-state index contributed by atoms with van der Waals surface area (Å²) in [4.78, 5) is 26.6. The number of aromatic nitrogens is 2. The van der Waals surface area contributed by atoms with Crippen molar-refractivity contribution < 1.29 is 4.92 Å². The number of nitrogens with two attached hydrogens (primary N) is 4. The molecular weight excluding hydrogens is 398 g/mol. The Morgan fingerprint density at radius 1 is 1.07 bits per heavy atom. The van der Waals surface area contributed by atoms with Crippen LogP contribution in [-0.2, 0) is 0 Å². The number of nitro groups is 1. The van der Waals surface area contributed by atoms with Gasteiger partial charge in [0.2, 0.25) is 0 Å². The molecule has 0 saturated heterocycles. The molecule has 0 amide bonds. The van der Waals surface area contributed by atoms with Gasteiger partial charge in [0.1, 0.15) is 0 Å². The lowest BCUT2D eigenvalue weighted by Crippen LogP contribution is -2.22. The fourth-order valence-corrected chi connectivity index (χ4v) is 2.46. The minimum absolute atomic E-state index is 0.0120. The van der Waals surface area contributed by atoms with Gasteiger partial charge in [0.15, 0.2) is 11.9 Å². The van der Waals surface area contributed by atoms with Crippen molar-refractivity contribution in [2.45, 2.75) is 0 Å². The maximum atomic E-state index is 11.3. The van der Waals surface area contributed by atoms with Gasteiger partial charge in [-0.3, -0.25) is 15.1 Å². The molecule has 11 nitrogen and oxygen atoms in total. The second-order valence-corrected chi connectivity index (χ2v) is 5.93. The molecule has 0 fully saturated rings. The van der Waals surface area contributed by atoms with E-state index in [1.54, 1.807) is 36.4 Å². The fourth-order valence-electron chi connectivity index (χ4n) is 2.29. The smallest absolute Gasteiger partial charge is 0.278 e. The van der Waals surface area contributed by atoms with Crippen LogP contribution in [0.4, 0.5) is 11.6 Å². The van der Waals surface area contributed by atoms with Crippen LogP contribution in [0.25, 0.3) is 22.2 Å². The molecule has 0 aliphatic carbocycles. The lowest BCUT2D eigenvalue weighted by atomic mass is 10.0. The van der Waals surface area contributed by atoms with E-state index in [4.69, 9.17) is 34.5 Å². The van der Waals surface area contributed by atoms with Crippen LogP contribution in [-0.4, -0.2) is 33.9 Å². The molecule has 150 valence electrons. The van der Waals surface area contributed by atoms with E-state index < -0.39 is 4.92 Å². The van der Waals surface area contributed by atoms with Crippen molar-refractivity contribution in [2.24, 2.45) is 32.9 Å². The predicted octanol–water partition coefficient (Wildman–Crippen LogP) is 1.65. The van der Waals surface area contributed by atoms with Crippen molar-refractivity contribution in [3.05, 3.63) is 57.6 Å². The van der Waals surface area contributed by atoms with Gasteiger partial charge in [-0.25, -0.2) is 9.97 Å². The van der Waals surface area contributed by atoms with E-state index in [0.717, 1.165) is 0 Å². The average molecular weight is 416 g/mol. The Labute approximate surface area is 170 Å². The number of fused-ring (bicyclic) bond motifs is 1. The van der Waals surface area contributed by atoms with E-state index in [-0.39, 0.29) is 23.6 Å². The number of nitro benzene ring substituents is 1. The number of rotatable bonds is 3. The molecule has 0 saturated carbocycles. The number of benzene rings is 2. The molecule has 0 aliphatic heterocycles. The van der Waals surface area contributed by atoms with Gasteiger partial charge in [-0.2, -0.15) is 4.99 Å². The Hall–Kier alpha value is -3.99. The van der Waals surface area contributed by atoms with Crippen molar-refractivity contribution >= 4 is 46.1 Å². The highest BCUT2D eigenvalue weighted by molar-refractivity contribution is 6.31. The molecule has 0 unspecified atom stereocenters. The monoisotopic (exact) mass is 415 g/mol. The van der Waals surface area contributed by atoms with E-state index >= 15 is 0 Å². The molecule has 2 aromatic carbocycles. The summed E-state index contributed by atoms with van der Waals surface area (Å²) in [6.07, 6.45) is 0. The summed E-state index contributed by atoms with van der Waals surface area (Å²) in [5, 5.41) is 12.3. The Kier molecular flexibility index (Phi) is 6.82. The first-order valence-corrected chi connectivity index (χ1v) is 8.39. The number of para-hydroxylation sites is 1. The van der Waals surface area contributed by atoms with Gasteiger partial charge in [-0.15, -0.1) is 0 Å². The molecule has 3 aromatic rings. The van der Waals surface area contributed by atoms with Gasteiger partial charge in [0, 0.05) is 23.5 Å². The zero-order valence-electron chi connectivity index (χ0n) is 15.3. The first-order chi connectivity index (χ1) is 13.7. The minimum atomic E-state index is -0.478. The molecule has 1 heterocycles. The Morgan fingerprint density at radius 3 is 2.31 bits per heavy atom. The number of hydrogen-bond donors (Lipinski definition) is 4. The van der Waals surface area contributed by atoms with Gasteiger partial charge in [0.05, 0.1) is 21.7 Å². The highest BCUT2D eigenvalue weighted by Gasteiger charge is 2.19. The fraction of sp³-hybridized carbons (Fsp3) is 0.0588. The van der Waals surface area contributed by atoms with E-state index in [9.17, 15) is 10.1 Å². The topological polar surface area (TPSA) is 198 Å². The standard InChI is InChI=1S/C15H11ClN6O2.C2H7N3/c16-8-5-6-11-10(7-8)13(20-15(19-11)21-14(17)18)9-3-1-2-4-12(9)22(23)24;1-5-2(3)4/h1-7H,(H4,17,18,19,20,21);1H3,(H4,3,4,5). The molecule has 1 aromatic heterocycles. The van der Waals surface area contributed by atoms with E-state index in [1.165, 1.54) is 13.1 Å². The summed E-state index contributed by atoms with van der Waals surface area (Å²) >= 11 is 6.05. The van der Waals surface area contributed by atoms with Crippen LogP contribution in [0, 0.1) is 10.1 Å². The van der Waals surface area contributed by atoms with Crippen molar-refractivity contribution in [2.75, 3.05) is 7.05 Å². The van der Waals surface area contributed by atoms with Crippen molar-refractivity contribution in [1.29, 1.82) is 0 Å². The third-order valence-electron chi connectivity index (χ3n) is 3.49. The first kappa shape index (κ1) is 21.3. The van der Waals surface area contributed by atoms with Gasteiger partial charge in [-0.1, -0.05) is 23.7 Å². The summed E-state index contributed by atoms with van der Waals surface area (Å²) in [6, 6.07) is 11.2. The van der Waals surface area contributed by atoms with Gasteiger partial charge in [0.25, 0.3) is 11.6 Å². The molecule has 3 rings (SSSR count). The van der Waals surface area contributed by atoms with E-state index in [2.05, 4.69) is 20.0 Å². The van der Waals surface area contributed by atoms with Crippen molar-refractivity contribution in [1.82, 2.24) is 9.97 Å². The normalized spacial score (nSPS) is 9.86. The maximum Gasteiger partial charge on any atom is 0.278 e. The van der Waals surface area contributed by atoms with Crippen molar-refractivity contribution in [3.8, 4) is 11.3 Å². The number of aliphatic imine (C=N–C) groups is 2. The SMILES string of the molecule is CN=C(N)N.NC(N)=Nc1nc(-c2ccccc2[N+](=O)[O-])c2cc(Cl)ccc2n1. The van der Waals surface area contributed by atoms with Crippen LogP contribution in [0.5, 0.6) is 0 Å². The minimum Gasteiger partial charge on any atom is -0.370 e. The molecular formula is C17H18ClN9O2. The maximum absolute atomic E-state index is 11.3. The van der Waals surface area contributed by atoms with Crippen LogP contribution >= 0.6 is 11.6 Å². The second kappa shape index (κ2) is 9.28. The summed E-state index contributed by atoms with van der Waals surface area (Å²) in [5.74, 6) is -0.0696. The summed E-state index contributed by atoms with van der Waals surface area (Å²) in [6.45, 7) is 0. The quantitative estimate of drug-likeness (QED) is 0.214. The molecule has 0 bridgehead atoms. The Bertz CT molecular complexity index is 1110. The Morgan fingerprint density at radius 2 is 1.72 bits per heavy atom. The third kappa shape index (κ3) is 5.49. The van der Waals surface area contributed by atoms with Gasteiger partial charge in [-0.05, 0) is 24.3 Å². The van der Waals surface area contributed by atoms with Crippen LogP contribution < -0.4 is 22.9 Å². The summed E-state index contributed by atoms with van der Waals surface area (Å²) < 4.78 is 0. The second-order valence-electron chi connectivity index (χ2n) is 5.49. The van der Waals surface area contributed by atoms with Crippen molar-refractivity contribution in [3.63, 3.8) is 0 Å². The number of nitrogens with zero attached hydrogens (tertiary/aromatic N) is 5. The first-order valence-electron chi connectivity index (χ1n) is 8.01. The Balaban J connectivity index is 0.000000537. The number of guanidine groups is 2. The van der Waals surface area contributed by atoms with Crippen LogP contribution in [0.15, 0.2) is 52.4 Å². The lowest BCUT2D eigenvalue weighted by Gasteiger charge is -2.08. The molecule has 0 aliphatic rings. The highest BCUT2D eigenvalue weighted by Crippen LogP contribution is 2.35. The third-order valence-corrected chi connectivity index (χ3v) is 3.72. The van der Waals surface area contributed by atoms with Crippen LogP contribution in [0.1, 0.15) is 0 Å². The zero-order valence-corrected chi connectivity index (χ0v) is 16.0. The average Bonchev–Trinajstić information content (AvgIpc) is 2.67. The number of halogens is 1. The predicted molar refractivity (Wildman–Crippen MR) is 114 cm³/mol. The van der Waals surface area contributed by atoms with Crippen LogP contribution in [0.2, 0.25) is 5.02 Å². The van der Waals surface area contributed by atoms with Gasteiger partial charge < -0.3 is 22.9 Å². The molecule has 0 atom stereocenters. The molecule has 0 spiro atoms. The molecule has 0 radical (unpaired) electrons. The summed E-state index contributed by atoms with van der Waals surface area (Å²) in [5.41, 5.74) is 21.5.